The Kier molecular flexibility index (Phi) is 14.5. The molecular formula is C58H96N2O4. The highest BCUT2D eigenvalue weighted by molar-refractivity contribution is 5.92. The van der Waals surface area contributed by atoms with Crippen molar-refractivity contribution in [3.8, 4) is 0 Å². The second-order valence-corrected chi connectivity index (χ2v) is 26.5. The second-order valence-electron chi connectivity index (χ2n) is 26.5. The number of hydrogen-bond donors (Lipinski definition) is 0. The van der Waals surface area contributed by atoms with Crippen LogP contribution in [-0.2, 0) is 19.1 Å². The zero-order valence-corrected chi connectivity index (χ0v) is 43.3. The van der Waals surface area contributed by atoms with Crippen LogP contribution in [0.1, 0.15) is 224 Å². The van der Waals surface area contributed by atoms with E-state index in [4.69, 9.17) is 19.7 Å². The van der Waals surface area contributed by atoms with Gasteiger partial charge in [-0.05, 0) is 195 Å². The first kappa shape index (κ1) is 48.7. The molecule has 0 amide bonds. The predicted octanol–water partition coefficient (Wildman–Crippen LogP) is 15.1. The molecule has 0 N–H and O–H groups in total. The lowest BCUT2D eigenvalue weighted by Crippen LogP contribution is -2.58. The Bertz CT molecular complexity index is 1610. The van der Waals surface area contributed by atoms with Gasteiger partial charge in [-0.1, -0.05) is 108 Å². The number of esters is 2. The standard InChI is InChI=1S/C58H96N2O4/c1-35(2)15-13-17-37(5)45-19-21-47-43-33-53(51-31-41(63-39(7)61)23-27-57(51,11)49(43)25-29-55(45,47)9)59-60-54-34-44-48-22-20-46(38(6)18-14-16-36(3)4)56(48,10)30-26-50(44)58(12)28-24-42(32-52(54)58)64-40(8)62/h35-38,41-52H,13-34H2,1-12H3/b59-53+,60-54+/t37-,38-,41+,42+,43+,44+,45-,46-,47+,48+,49+,50+,51-,52-,55-,56-,57-,58-/m1/s1. The summed E-state index contributed by atoms with van der Waals surface area (Å²) < 4.78 is 12.1. The first-order chi connectivity index (χ1) is 30.3. The number of ether oxygens (including phenoxy) is 2. The van der Waals surface area contributed by atoms with Gasteiger partial charge >= 0.3 is 11.9 Å². The van der Waals surface area contributed by atoms with Gasteiger partial charge in [0.05, 0.1) is 0 Å². The molecule has 0 spiro atoms. The maximum atomic E-state index is 12.4. The Morgan fingerprint density at radius 3 is 1.23 bits per heavy atom. The van der Waals surface area contributed by atoms with E-state index in [2.05, 4.69) is 69.2 Å². The van der Waals surface area contributed by atoms with Crippen molar-refractivity contribution in [2.24, 2.45) is 115 Å². The minimum atomic E-state index is -0.150. The summed E-state index contributed by atoms with van der Waals surface area (Å²) in [5, 5.41) is 11.4. The van der Waals surface area contributed by atoms with E-state index in [-0.39, 0.29) is 35.0 Å². The molecule has 6 heteroatoms. The lowest BCUT2D eigenvalue weighted by molar-refractivity contribution is -0.154. The van der Waals surface area contributed by atoms with Crippen molar-refractivity contribution in [3.05, 3.63) is 0 Å². The third kappa shape index (κ3) is 9.02. The summed E-state index contributed by atoms with van der Waals surface area (Å²) in [5.74, 6) is 9.26. The van der Waals surface area contributed by atoms with Gasteiger partial charge in [-0.2, -0.15) is 10.2 Å². The molecule has 8 aliphatic carbocycles. The number of rotatable bonds is 13. The fourth-order valence-corrected chi connectivity index (χ4v) is 19.1. The third-order valence-electron chi connectivity index (χ3n) is 22.2. The largest absolute Gasteiger partial charge is 0.463 e. The SMILES string of the molecule is CC(=O)O[C@H]1CC[C@@]2(C)[C@H](C1)/C(=N/N=C1\C[C@@H]3[C@H](CC[C@]4(C)[C@@H]([C@H](C)CCCC(C)C)CC[C@@H]34)[C@@]3(C)CC[C@H](OC(C)=O)C[C@H]13)C[C@@H]1[C@@H]2CC[C@]2(C)[C@@H]([C@H](C)CCCC(C)C)CC[C@@H]12. The van der Waals surface area contributed by atoms with E-state index in [1.54, 1.807) is 13.8 Å². The summed E-state index contributed by atoms with van der Waals surface area (Å²) >= 11 is 0. The molecule has 0 radical (unpaired) electrons. The lowest BCUT2D eigenvalue weighted by Gasteiger charge is -2.61. The van der Waals surface area contributed by atoms with Crippen LogP contribution in [0.2, 0.25) is 0 Å². The summed E-state index contributed by atoms with van der Waals surface area (Å²) in [6.45, 7) is 28.6. The molecule has 0 aromatic rings. The van der Waals surface area contributed by atoms with Crippen LogP contribution in [0.5, 0.6) is 0 Å². The van der Waals surface area contributed by atoms with Gasteiger partial charge in [-0.3, -0.25) is 9.59 Å². The van der Waals surface area contributed by atoms with Crippen molar-refractivity contribution >= 4 is 23.4 Å². The molecule has 0 aromatic carbocycles. The first-order valence-corrected chi connectivity index (χ1v) is 27.8. The van der Waals surface area contributed by atoms with E-state index in [1.165, 1.54) is 101 Å². The van der Waals surface area contributed by atoms with Crippen molar-refractivity contribution in [2.75, 3.05) is 0 Å². The van der Waals surface area contributed by atoms with Gasteiger partial charge < -0.3 is 9.47 Å². The van der Waals surface area contributed by atoms with E-state index >= 15 is 0 Å². The maximum Gasteiger partial charge on any atom is 0.302 e. The molecule has 0 aromatic heterocycles. The van der Waals surface area contributed by atoms with E-state index in [0.717, 1.165) is 98.7 Å². The monoisotopic (exact) mass is 885 g/mol. The predicted molar refractivity (Wildman–Crippen MR) is 263 cm³/mol. The van der Waals surface area contributed by atoms with Crippen molar-refractivity contribution in [1.29, 1.82) is 0 Å². The molecule has 8 aliphatic rings. The first-order valence-electron chi connectivity index (χ1n) is 27.8. The van der Waals surface area contributed by atoms with Crippen molar-refractivity contribution in [1.82, 2.24) is 0 Å². The van der Waals surface area contributed by atoms with E-state index in [0.29, 0.717) is 46.3 Å². The summed E-state index contributed by atoms with van der Waals surface area (Å²) in [6.07, 6.45) is 27.1. The second kappa shape index (κ2) is 19.0. The normalized spacial score (nSPS) is 46.1. The highest BCUT2D eigenvalue weighted by Gasteiger charge is 2.64. The smallest absolute Gasteiger partial charge is 0.302 e. The molecule has 8 saturated carbocycles. The number of nitrogens with zero attached hydrogens (tertiary/aromatic N) is 2. The van der Waals surface area contributed by atoms with E-state index in [9.17, 15) is 9.59 Å². The van der Waals surface area contributed by atoms with Crippen molar-refractivity contribution in [2.45, 2.75) is 237 Å². The zero-order valence-electron chi connectivity index (χ0n) is 43.3. The Morgan fingerprint density at radius 1 is 0.516 bits per heavy atom. The Balaban J connectivity index is 1.13. The average Bonchev–Trinajstić information content (AvgIpc) is 3.77. The third-order valence-corrected chi connectivity index (χ3v) is 22.2. The summed E-state index contributed by atoms with van der Waals surface area (Å²) in [5.41, 5.74) is 3.75. The van der Waals surface area contributed by atoms with Crippen LogP contribution in [0.4, 0.5) is 0 Å². The van der Waals surface area contributed by atoms with Crippen LogP contribution in [0.3, 0.4) is 0 Å². The van der Waals surface area contributed by atoms with Gasteiger partial charge in [-0.15, -0.1) is 0 Å². The van der Waals surface area contributed by atoms with Crippen LogP contribution in [0, 0.1) is 105 Å². The molecule has 0 saturated heterocycles. The molecule has 8 rings (SSSR count). The van der Waals surface area contributed by atoms with Gasteiger partial charge in [0.15, 0.2) is 0 Å². The minimum Gasteiger partial charge on any atom is -0.463 e. The van der Waals surface area contributed by atoms with E-state index in [1.807, 2.05) is 0 Å². The Labute approximate surface area is 392 Å². The van der Waals surface area contributed by atoms with Crippen molar-refractivity contribution in [3.63, 3.8) is 0 Å². The summed E-state index contributed by atoms with van der Waals surface area (Å²) in [7, 11) is 0. The van der Waals surface area contributed by atoms with Gasteiger partial charge in [0, 0.05) is 37.1 Å². The van der Waals surface area contributed by atoms with Crippen LogP contribution in [0.15, 0.2) is 10.2 Å². The fraction of sp³-hybridized carbons (Fsp3) is 0.931. The average molecular weight is 885 g/mol. The highest BCUT2D eigenvalue weighted by Crippen LogP contribution is 2.70. The number of carbonyl (C=O) groups excluding carboxylic acids is 2. The van der Waals surface area contributed by atoms with E-state index < -0.39 is 0 Å². The van der Waals surface area contributed by atoms with Crippen LogP contribution in [-0.4, -0.2) is 35.6 Å². The Hall–Kier alpha value is -1.72. The fourth-order valence-electron chi connectivity index (χ4n) is 19.1. The molecule has 8 fully saturated rings. The number of hydrogen-bond acceptors (Lipinski definition) is 6. The molecule has 0 unspecified atom stereocenters. The van der Waals surface area contributed by atoms with Gasteiger partial charge in [-0.25, -0.2) is 0 Å². The van der Waals surface area contributed by atoms with Crippen LogP contribution in [0.25, 0.3) is 0 Å². The number of fused-ring (bicyclic) bond motifs is 10. The van der Waals surface area contributed by atoms with Crippen LogP contribution >= 0.6 is 0 Å². The van der Waals surface area contributed by atoms with Crippen LogP contribution < -0.4 is 0 Å². The van der Waals surface area contributed by atoms with Gasteiger partial charge in [0.2, 0.25) is 0 Å². The Morgan fingerprint density at radius 2 is 0.875 bits per heavy atom. The quantitative estimate of drug-likeness (QED) is 0.136. The maximum absolute atomic E-state index is 12.4. The van der Waals surface area contributed by atoms with Crippen molar-refractivity contribution < 1.29 is 19.1 Å². The molecule has 0 heterocycles. The topological polar surface area (TPSA) is 77.3 Å². The summed E-state index contributed by atoms with van der Waals surface area (Å²) in [4.78, 5) is 24.9. The molecule has 18 atom stereocenters. The highest BCUT2D eigenvalue weighted by atomic mass is 16.5. The molecule has 6 nitrogen and oxygen atoms in total. The lowest BCUT2D eigenvalue weighted by atomic mass is 9.44. The molecule has 362 valence electrons. The molecule has 0 aliphatic heterocycles. The molecule has 64 heavy (non-hydrogen) atoms. The minimum absolute atomic E-state index is 0.0362. The zero-order chi connectivity index (χ0) is 45.9. The summed E-state index contributed by atoms with van der Waals surface area (Å²) in [6, 6.07) is 0. The molecular weight excluding hydrogens is 789 g/mol. The van der Waals surface area contributed by atoms with Gasteiger partial charge in [0.1, 0.15) is 12.2 Å². The number of carbonyl (C=O) groups is 2. The van der Waals surface area contributed by atoms with Gasteiger partial charge in [0.25, 0.3) is 0 Å². The molecule has 0 bridgehead atoms.